The van der Waals surface area contributed by atoms with Gasteiger partial charge in [-0.2, -0.15) is 0 Å². The summed E-state index contributed by atoms with van der Waals surface area (Å²) in [6.45, 7) is 0. The van der Waals surface area contributed by atoms with Crippen LogP contribution in [0, 0.1) is 17.0 Å². The summed E-state index contributed by atoms with van der Waals surface area (Å²) < 4.78 is 26.1. The van der Waals surface area contributed by atoms with E-state index in [-0.39, 0.29) is 18.0 Å². The van der Waals surface area contributed by atoms with Gasteiger partial charge in [0.25, 0.3) is 0 Å². The molecule has 1 heterocycles. The number of aromatic nitrogens is 1. The van der Waals surface area contributed by atoms with Gasteiger partial charge in [0.1, 0.15) is 23.2 Å². The number of amidine groups is 1. The first-order valence-corrected chi connectivity index (χ1v) is 5.50. The zero-order valence-electron chi connectivity index (χ0n) is 9.95. The molecule has 0 bridgehead atoms. The molecule has 2 rings (SSSR count). The number of rotatable bonds is 3. The van der Waals surface area contributed by atoms with Crippen LogP contribution in [-0.4, -0.2) is 10.8 Å². The van der Waals surface area contributed by atoms with E-state index < -0.39 is 11.6 Å². The van der Waals surface area contributed by atoms with Crippen molar-refractivity contribution in [3.8, 4) is 0 Å². The molecule has 98 valence electrons. The van der Waals surface area contributed by atoms with E-state index in [0.29, 0.717) is 16.9 Å². The Morgan fingerprint density at radius 2 is 1.79 bits per heavy atom. The monoisotopic (exact) mass is 262 g/mol. The van der Waals surface area contributed by atoms with Gasteiger partial charge in [-0.05, 0) is 29.8 Å². The van der Waals surface area contributed by atoms with Crippen LogP contribution in [0.15, 0.2) is 30.3 Å². The highest BCUT2D eigenvalue weighted by Gasteiger charge is 2.08. The van der Waals surface area contributed by atoms with Crippen LogP contribution in [0.1, 0.15) is 17.0 Å². The Kier molecular flexibility index (Phi) is 3.41. The highest BCUT2D eigenvalue weighted by Crippen LogP contribution is 2.15. The van der Waals surface area contributed by atoms with E-state index in [1.165, 1.54) is 12.1 Å². The predicted molar refractivity (Wildman–Crippen MR) is 68.8 cm³/mol. The van der Waals surface area contributed by atoms with Crippen LogP contribution in [0.5, 0.6) is 0 Å². The Bertz CT molecular complexity index is 620. The molecule has 19 heavy (non-hydrogen) atoms. The van der Waals surface area contributed by atoms with Crippen molar-refractivity contribution >= 4 is 11.5 Å². The highest BCUT2D eigenvalue weighted by atomic mass is 19.1. The summed E-state index contributed by atoms with van der Waals surface area (Å²) in [5.41, 5.74) is 12.4. The van der Waals surface area contributed by atoms with Gasteiger partial charge in [-0.15, -0.1) is 0 Å². The van der Waals surface area contributed by atoms with Crippen LogP contribution in [0.4, 0.5) is 14.5 Å². The summed E-state index contributed by atoms with van der Waals surface area (Å²) in [4.78, 5) is 4.11. The average Bonchev–Trinajstić information content (AvgIpc) is 2.30. The molecule has 0 aliphatic heterocycles. The van der Waals surface area contributed by atoms with Gasteiger partial charge in [-0.1, -0.05) is 0 Å². The van der Waals surface area contributed by atoms with Crippen LogP contribution < -0.4 is 11.5 Å². The third kappa shape index (κ3) is 3.04. The van der Waals surface area contributed by atoms with Gasteiger partial charge < -0.3 is 11.5 Å². The van der Waals surface area contributed by atoms with Gasteiger partial charge in [-0.25, -0.2) is 13.8 Å². The van der Waals surface area contributed by atoms with Gasteiger partial charge in [0.15, 0.2) is 0 Å². The van der Waals surface area contributed by atoms with Crippen LogP contribution in [-0.2, 0) is 6.42 Å². The molecule has 6 heteroatoms. The van der Waals surface area contributed by atoms with Gasteiger partial charge in [0.05, 0.1) is 5.69 Å². The van der Waals surface area contributed by atoms with Crippen molar-refractivity contribution in [2.24, 2.45) is 5.73 Å². The molecule has 4 nitrogen and oxygen atoms in total. The number of benzene rings is 1. The predicted octanol–water partition coefficient (Wildman–Crippen LogP) is 1.82. The molecular formula is C13H12F2N4. The largest absolute Gasteiger partial charge is 0.397 e. The number of nitrogens with one attached hydrogen (secondary N) is 1. The summed E-state index contributed by atoms with van der Waals surface area (Å²) >= 11 is 0. The van der Waals surface area contributed by atoms with Crippen molar-refractivity contribution in [2.75, 3.05) is 5.73 Å². The van der Waals surface area contributed by atoms with Crippen molar-refractivity contribution in [2.45, 2.75) is 6.42 Å². The fraction of sp³-hybridized carbons (Fsp3) is 0.0769. The van der Waals surface area contributed by atoms with Crippen molar-refractivity contribution < 1.29 is 8.78 Å². The van der Waals surface area contributed by atoms with Crippen LogP contribution in [0.25, 0.3) is 0 Å². The molecule has 5 N–H and O–H groups in total. The smallest absolute Gasteiger partial charge is 0.143 e. The lowest BCUT2D eigenvalue weighted by molar-refractivity contribution is 0.580. The second-order valence-electron chi connectivity index (χ2n) is 4.11. The van der Waals surface area contributed by atoms with Crippen LogP contribution >= 0.6 is 0 Å². The molecule has 0 spiro atoms. The van der Waals surface area contributed by atoms with Crippen molar-refractivity contribution in [1.29, 1.82) is 5.41 Å². The molecular weight excluding hydrogens is 250 g/mol. The van der Waals surface area contributed by atoms with Gasteiger partial charge in [0.2, 0.25) is 0 Å². The normalized spacial score (nSPS) is 10.4. The summed E-state index contributed by atoms with van der Waals surface area (Å²) in [6.07, 6.45) is 0.231. The molecule has 1 aromatic heterocycles. The third-order valence-corrected chi connectivity index (χ3v) is 2.55. The number of nitrogens with zero attached hydrogens (tertiary/aromatic N) is 1. The number of nitrogen functional groups attached to an aromatic ring is 2. The molecule has 0 aliphatic carbocycles. The van der Waals surface area contributed by atoms with Gasteiger partial charge in [-0.3, -0.25) is 5.41 Å². The highest BCUT2D eigenvalue weighted by molar-refractivity contribution is 5.97. The zero-order chi connectivity index (χ0) is 14.0. The van der Waals surface area contributed by atoms with E-state index in [9.17, 15) is 8.78 Å². The average molecular weight is 262 g/mol. The van der Waals surface area contributed by atoms with E-state index in [0.717, 1.165) is 6.07 Å². The first kappa shape index (κ1) is 12.9. The molecule has 0 saturated carbocycles. The second-order valence-corrected chi connectivity index (χ2v) is 4.11. The van der Waals surface area contributed by atoms with E-state index in [2.05, 4.69) is 4.98 Å². The molecule has 1 aromatic carbocycles. The lowest BCUT2D eigenvalue weighted by atomic mass is 10.1. The Labute approximate surface area is 108 Å². The van der Waals surface area contributed by atoms with E-state index in [4.69, 9.17) is 16.9 Å². The standard InChI is InChI=1S/C13H12F2N4/c14-8-3-7(4-9(15)6-8)5-10-1-2-11(16)12(19-10)13(17)18/h1-4,6H,5,16H2,(H3,17,18). The van der Waals surface area contributed by atoms with Crippen molar-refractivity contribution in [3.05, 3.63) is 58.9 Å². The summed E-state index contributed by atoms with van der Waals surface area (Å²) in [5, 5.41) is 7.34. The number of hydrogen-bond donors (Lipinski definition) is 3. The maximum Gasteiger partial charge on any atom is 0.143 e. The molecule has 0 radical (unpaired) electrons. The third-order valence-electron chi connectivity index (χ3n) is 2.55. The molecule has 0 amide bonds. The summed E-state index contributed by atoms with van der Waals surface area (Å²) in [6, 6.07) is 6.46. The van der Waals surface area contributed by atoms with E-state index in [1.54, 1.807) is 12.1 Å². The van der Waals surface area contributed by atoms with Crippen molar-refractivity contribution in [1.82, 2.24) is 4.98 Å². The summed E-state index contributed by atoms with van der Waals surface area (Å²) in [7, 11) is 0. The Balaban J connectivity index is 2.33. The summed E-state index contributed by atoms with van der Waals surface area (Å²) in [5.74, 6) is -1.53. The molecule has 0 fully saturated rings. The SMILES string of the molecule is N=C(N)c1nc(Cc2cc(F)cc(F)c2)ccc1N. The first-order chi connectivity index (χ1) is 8.95. The topological polar surface area (TPSA) is 88.8 Å². The minimum absolute atomic E-state index is 0.175. The fourth-order valence-electron chi connectivity index (χ4n) is 1.75. The second kappa shape index (κ2) is 5.01. The zero-order valence-corrected chi connectivity index (χ0v) is 9.95. The Morgan fingerprint density at radius 1 is 1.16 bits per heavy atom. The number of hydrogen-bond acceptors (Lipinski definition) is 3. The minimum Gasteiger partial charge on any atom is -0.397 e. The van der Waals surface area contributed by atoms with Crippen molar-refractivity contribution in [3.63, 3.8) is 0 Å². The number of anilines is 1. The molecule has 0 saturated heterocycles. The number of pyridine rings is 1. The Morgan fingerprint density at radius 3 is 2.37 bits per heavy atom. The molecule has 2 aromatic rings. The lowest BCUT2D eigenvalue weighted by Crippen LogP contribution is -2.16. The maximum absolute atomic E-state index is 13.1. The lowest BCUT2D eigenvalue weighted by Gasteiger charge is -2.07. The minimum atomic E-state index is -0.641. The first-order valence-electron chi connectivity index (χ1n) is 5.50. The Hall–Kier alpha value is -2.50. The fourth-order valence-corrected chi connectivity index (χ4v) is 1.75. The number of nitrogens with two attached hydrogens (primary N) is 2. The molecule has 0 atom stereocenters. The molecule has 0 aliphatic rings. The van der Waals surface area contributed by atoms with Gasteiger partial charge >= 0.3 is 0 Å². The van der Waals surface area contributed by atoms with E-state index in [1.807, 2.05) is 0 Å². The van der Waals surface area contributed by atoms with Crippen LogP contribution in [0.3, 0.4) is 0 Å². The molecule has 0 unspecified atom stereocenters. The van der Waals surface area contributed by atoms with Crippen LogP contribution in [0.2, 0.25) is 0 Å². The number of halogens is 2. The quantitative estimate of drug-likeness (QED) is 0.582. The van der Waals surface area contributed by atoms with E-state index >= 15 is 0 Å². The maximum atomic E-state index is 13.1. The van der Waals surface area contributed by atoms with Gasteiger partial charge in [0, 0.05) is 18.2 Å².